The van der Waals surface area contributed by atoms with E-state index in [4.69, 9.17) is 16.3 Å². The molecule has 1 aliphatic rings. The van der Waals surface area contributed by atoms with Crippen molar-refractivity contribution in [1.82, 2.24) is 5.32 Å². The van der Waals surface area contributed by atoms with Crippen molar-refractivity contribution in [3.63, 3.8) is 0 Å². The minimum Gasteiger partial charge on any atom is -0.468 e. The first-order chi connectivity index (χ1) is 8.13. The number of halogens is 2. The third-order valence-corrected chi connectivity index (χ3v) is 3.34. The van der Waals surface area contributed by atoms with E-state index in [1.54, 1.807) is 12.1 Å². The van der Waals surface area contributed by atoms with E-state index in [1.807, 2.05) is 0 Å². The Morgan fingerprint density at radius 1 is 1.59 bits per heavy atom. The van der Waals surface area contributed by atoms with Crippen LogP contribution in [-0.4, -0.2) is 25.7 Å². The number of ether oxygens (including phenoxy) is 1. The number of benzene rings is 1. The van der Waals surface area contributed by atoms with E-state index in [1.165, 1.54) is 13.2 Å². The van der Waals surface area contributed by atoms with E-state index >= 15 is 0 Å². The molecule has 1 saturated heterocycles. The molecule has 17 heavy (non-hydrogen) atoms. The van der Waals surface area contributed by atoms with E-state index in [0.29, 0.717) is 0 Å². The standard InChI is InChI=1S/C12H13ClFNO2/c1-17-12(16)11-8(4-5-15-11)7-2-3-10(14)9(13)6-7/h2-3,6,8,11,15H,4-5H2,1H3. The van der Waals surface area contributed by atoms with E-state index in [-0.39, 0.29) is 23.0 Å². The highest BCUT2D eigenvalue weighted by Crippen LogP contribution is 2.30. The van der Waals surface area contributed by atoms with Gasteiger partial charge in [-0.05, 0) is 30.7 Å². The van der Waals surface area contributed by atoms with Gasteiger partial charge in [0.1, 0.15) is 11.9 Å². The maximum absolute atomic E-state index is 13.1. The van der Waals surface area contributed by atoms with Crippen LogP contribution in [0.25, 0.3) is 0 Å². The minimum atomic E-state index is -0.448. The summed E-state index contributed by atoms with van der Waals surface area (Å²) in [6, 6.07) is 4.19. The van der Waals surface area contributed by atoms with Gasteiger partial charge in [0, 0.05) is 5.92 Å². The third kappa shape index (κ3) is 2.42. The van der Waals surface area contributed by atoms with Crippen molar-refractivity contribution >= 4 is 17.6 Å². The molecule has 2 atom stereocenters. The van der Waals surface area contributed by atoms with Gasteiger partial charge in [0.25, 0.3) is 0 Å². The molecule has 92 valence electrons. The lowest BCUT2D eigenvalue weighted by atomic mass is 9.92. The summed E-state index contributed by atoms with van der Waals surface area (Å²) < 4.78 is 17.8. The summed E-state index contributed by atoms with van der Waals surface area (Å²) in [5, 5.41) is 3.16. The van der Waals surface area contributed by atoms with E-state index in [0.717, 1.165) is 18.5 Å². The first-order valence-electron chi connectivity index (χ1n) is 5.39. The van der Waals surface area contributed by atoms with E-state index in [2.05, 4.69) is 5.32 Å². The lowest BCUT2D eigenvalue weighted by Gasteiger charge is -2.17. The zero-order valence-electron chi connectivity index (χ0n) is 9.37. The van der Waals surface area contributed by atoms with E-state index in [9.17, 15) is 9.18 Å². The minimum absolute atomic E-state index is 0.0134. The number of nitrogens with one attached hydrogen (secondary N) is 1. The second-order valence-corrected chi connectivity index (χ2v) is 4.43. The second-order valence-electron chi connectivity index (χ2n) is 4.02. The Hall–Kier alpha value is -1.13. The SMILES string of the molecule is COC(=O)C1NCCC1c1ccc(F)c(Cl)c1. The van der Waals surface area contributed by atoms with Gasteiger partial charge in [0.05, 0.1) is 12.1 Å². The third-order valence-electron chi connectivity index (χ3n) is 3.05. The lowest BCUT2D eigenvalue weighted by molar-refractivity contribution is -0.143. The van der Waals surface area contributed by atoms with Crippen LogP contribution in [0.15, 0.2) is 18.2 Å². The quantitative estimate of drug-likeness (QED) is 0.825. The van der Waals surface area contributed by atoms with E-state index < -0.39 is 5.82 Å². The highest BCUT2D eigenvalue weighted by molar-refractivity contribution is 6.30. The molecule has 0 spiro atoms. The predicted molar refractivity (Wildman–Crippen MR) is 62.6 cm³/mol. The van der Waals surface area contributed by atoms with Crippen molar-refractivity contribution in [2.24, 2.45) is 0 Å². The van der Waals surface area contributed by atoms with Crippen LogP contribution in [0, 0.1) is 5.82 Å². The molecule has 1 aromatic carbocycles. The van der Waals surface area contributed by atoms with Gasteiger partial charge in [-0.1, -0.05) is 17.7 Å². The van der Waals surface area contributed by atoms with Gasteiger partial charge in [0.15, 0.2) is 0 Å². The van der Waals surface area contributed by atoms with Crippen molar-refractivity contribution in [1.29, 1.82) is 0 Å². The molecule has 2 unspecified atom stereocenters. The van der Waals surface area contributed by atoms with Crippen molar-refractivity contribution in [2.45, 2.75) is 18.4 Å². The molecule has 0 amide bonds. The summed E-state index contributed by atoms with van der Waals surface area (Å²) in [7, 11) is 1.36. The van der Waals surface area contributed by atoms with Crippen LogP contribution in [0.1, 0.15) is 17.9 Å². The zero-order chi connectivity index (χ0) is 12.4. The summed E-state index contributed by atoms with van der Waals surface area (Å²) in [6.45, 7) is 0.736. The molecule has 0 saturated carbocycles. The van der Waals surface area contributed by atoms with Crippen LogP contribution in [0.2, 0.25) is 5.02 Å². The Morgan fingerprint density at radius 3 is 3.00 bits per heavy atom. The van der Waals surface area contributed by atoms with Gasteiger partial charge >= 0.3 is 5.97 Å². The molecule has 1 N–H and O–H groups in total. The van der Waals surface area contributed by atoms with Crippen molar-refractivity contribution in [3.05, 3.63) is 34.6 Å². The highest BCUT2D eigenvalue weighted by Gasteiger charge is 2.34. The molecular weight excluding hydrogens is 245 g/mol. The molecule has 1 heterocycles. The summed E-state index contributed by atoms with van der Waals surface area (Å²) in [6.07, 6.45) is 0.807. The predicted octanol–water partition coefficient (Wildman–Crippen LogP) is 2.10. The monoisotopic (exact) mass is 257 g/mol. The highest BCUT2D eigenvalue weighted by atomic mass is 35.5. The number of carbonyl (C=O) groups excluding carboxylic acids is 1. The summed E-state index contributed by atoms with van der Waals surface area (Å²) >= 11 is 5.74. The van der Waals surface area contributed by atoms with Gasteiger partial charge in [-0.25, -0.2) is 4.39 Å². The Kier molecular flexibility index (Phi) is 3.64. The molecule has 2 rings (SSSR count). The number of carbonyl (C=O) groups is 1. The zero-order valence-corrected chi connectivity index (χ0v) is 10.1. The van der Waals surface area contributed by atoms with Gasteiger partial charge < -0.3 is 10.1 Å². The average Bonchev–Trinajstić information content (AvgIpc) is 2.80. The molecule has 1 aromatic rings. The number of esters is 1. The Bertz CT molecular complexity index is 439. The number of methoxy groups -OCH3 is 1. The van der Waals surface area contributed by atoms with Crippen molar-refractivity contribution < 1.29 is 13.9 Å². The second kappa shape index (κ2) is 5.02. The van der Waals surface area contributed by atoms with Crippen LogP contribution in [0.4, 0.5) is 4.39 Å². The van der Waals surface area contributed by atoms with Gasteiger partial charge in [-0.15, -0.1) is 0 Å². The smallest absolute Gasteiger partial charge is 0.323 e. The molecule has 0 aromatic heterocycles. The Morgan fingerprint density at radius 2 is 2.35 bits per heavy atom. The average molecular weight is 258 g/mol. The van der Waals surface area contributed by atoms with Gasteiger partial charge in [0.2, 0.25) is 0 Å². The van der Waals surface area contributed by atoms with Crippen molar-refractivity contribution in [3.8, 4) is 0 Å². The molecule has 0 aliphatic carbocycles. The summed E-state index contributed by atoms with van der Waals surface area (Å²) in [5.41, 5.74) is 0.858. The van der Waals surface area contributed by atoms with Crippen LogP contribution in [0.3, 0.4) is 0 Å². The normalized spacial score (nSPS) is 23.7. The lowest BCUT2D eigenvalue weighted by Crippen LogP contribution is -2.35. The largest absolute Gasteiger partial charge is 0.468 e. The van der Waals surface area contributed by atoms with Crippen LogP contribution < -0.4 is 5.32 Å². The fourth-order valence-electron chi connectivity index (χ4n) is 2.18. The molecule has 1 aliphatic heterocycles. The fraction of sp³-hybridized carbons (Fsp3) is 0.417. The van der Waals surface area contributed by atoms with Gasteiger partial charge in [-0.2, -0.15) is 0 Å². The van der Waals surface area contributed by atoms with Gasteiger partial charge in [-0.3, -0.25) is 4.79 Å². The molecule has 3 nitrogen and oxygen atoms in total. The summed E-state index contributed by atoms with van der Waals surface area (Å²) in [5.74, 6) is -0.760. The molecule has 1 fully saturated rings. The molecular formula is C12H13ClFNO2. The van der Waals surface area contributed by atoms with Crippen LogP contribution >= 0.6 is 11.6 Å². The molecule has 0 bridgehead atoms. The first kappa shape index (κ1) is 12.3. The topological polar surface area (TPSA) is 38.3 Å². The number of hydrogen-bond acceptors (Lipinski definition) is 3. The molecule has 0 radical (unpaired) electrons. The Balaban J connectivity index is 2.26. The van der Waals surface area contributed by atoms with Crippen molar-refractivity contribution in [2.75, 3.05) is 13.7 Å². The molecule has 5 heteroatoms. The Labute approximate surface area is 104 Å². The number of hydrogen-bond donors (Lipinski definition) is 1. The fourth-order valence-corrected chi connectivity index (χ4v) is 2.37. The van der Waals surface area contributed by atoms with Crippen LogP contribution in [0.5, 0.6) is 0 Å². The maximum atomic E-state index is 13.1. The maximum Gasteiger partial charge on any atom is 0.323 e. The summed E-state index contributed by atoms with van der Waals surface area (Å²) in [4.78, 5) is 11.6. The number of rotatable bonds is 2. The van der Waals surface area contributed by atoms with Crippen LogP contribution in [-0.2, 0) is 9.53 Å². The first-order valence-corrected chi connectivity index (χ1v) is 5.77.